The van der Waals surface area contributed by atoms with Crippen molar-refractivity contribution in [3.63, 3.8) is 0 Å². The predicted octanol–water partition coefficient (Wildman–Crippen LogP) is 1.70. The minimum Gasteiger partial charge on any atom is -0.326 e. The van der Waals surface area contributed by atoms with Crippen LogP contribution in [0, 0.1) is 5.92 Å². The number of nitrogens with zero attached hydrogens (tertiary/aromatic N) is 2. The van der Waals surface area contributed by atoms with Gasteiger partial charge in [0.2, 0.25) is 15.9 Å². The first-order valence-electron chi connectivity index (χ1n) is 10.2. The largest absolute Gasteiger partial charge is 0.326 e. The van der Waals surface area contributed by atoms with Gasteiger partial charge in [-0.15, -0.1) is 0 Å². The molecule has 0 aliphatic carbocycles. The molecule has 1 aromatic heterocycles. The van der Waals surface area contributed by atoms with Gasteiger partial charge in [-0.3, -0.25) is 20.6 Å². The van der Waals surface area contributed by atoms with E-state index in [0.717, 1.165) is 19.4 Å². The third kappa shape index (κ3) is 4.39. The third-order valence-electron chi connectivity index (χ3n) is 5.90. The number of hydrogen-bond donors (Lipinski definition) is 3. The van der Waals surface area contributed by atoms with Crippen LogP contribution in [0.15, 0.2) is 53.7 Å². The molecule has 2 aliphatic rings. The fourth-order valence-corrected chi connectivity index (χ4v) is 5.98. The number of hydrogen-bond acceptors (Lipinski definition) is 6. The second-order valence-corrected chi connectivity index (χ2v) is 9.85. The standard InChI is InChI=1S/C21H27N5O3S/c1-15(27)24-18-4-6-19(7-5-18)30(28,29)26-12-2-3-17(14-26)21-20(13-23-25-21)16-8-10-22-11-9-16/h4-11,17,20-21,23,25H,2-3,12-14H2,1H3,(H,24,27). The molecule has 2 aromatic rings. The van der Waals surface area contributed by atoms with Crippen molar-refractivity contribution in [1.82, 2.24) is 20.1 Å². The SMILES string of the molecule is CC(=O)Nc1ccc(S(=O)(=O)N2CCCC(C3NNCC3c3ccncc3)C2)cc1. The summed E-state index contributed by atoms with van der Waals surface area (Å²) in [5.74, 6) is 0.295. The van der Waals surface area contributed by atoms with E-state index in [1.165, 1.54) is 12.5 Å². The van der Waals surface area contributed by atoms with E-state index in [1.54, 1.807) is 41.0 Å². The van der Waals surface area contributed by atoms with Crippen LogP contribution in [0.2, 0.25) is 0 Å². The normalized spacial score (nSPS) is 25.2. The van der Waals surface area contributed by atoms with Crippen LogP contribution >= 0.6 is 0 Å². The average Bonchev–Trinajstić information content (AvgIpc) is 3.24. The Bertz CT molecular complexity index is 981. The second kappa shape index (κ2) is 8.81. The molecular weight excluding hydrogens is 402 g/mol. The quantitative estimate of drug-likeness (QED) is 0.669. The molecular formula is C21H27N5O3S. The van der Waals surface area contributed by atoms with Crippen LogP contribution in [0.5, 0.6) is 0 Å². The maximum atomic E-state index is 13.2. The highest BCUT2D eigenvalue weighted by atomic mass is 32.2. The van der Waals surface area contributed by atoms with Crippen molar-refractivity contribution in [3.05, 3.63) is 54.4 Å². The molecule has 3 heterocycles. The van der Waals surface area contributed by atoms with Crippen molar-refractivity contribution in [2.45, 2.75) is 36.6 Å². The summed E-state index contributed by atoms with van der Waals surface area (Å²) in [5, 5.41) is 2.66. The smallest absolute Gasteiger partial charge is 0.243 e. The summed E-state index contributed by atoms with van der Waals surface area (Å²) in [6.45, 7) is 3.23. The Labute approximate surface area is 177 Å². The van der Waals surface area contributed by atoms with Crippen molar-refractivity contribution < 1.29 is 13.2 Å². The number of aromatic nitrogens is 1. The lowest BCUT2D eigenvalue weighted by molar-refractivity contribution is -0.114. The molecule has 1 amide bonds. The fourth-order valence-electron chi connectivity index (χ4n) is 4.44. The first kappa shape index (κ1) is 20.9. The van der Waals surface area contributed by atoms with Crippen molar-refractivity contribution >= 4 is 21.6 Å². The summed E-state index contributed by atoms with van der Waals surface area (Å²) in [6.07, 6.45) is 5.41. The highest BCUT2D eigenvalue weighted by molar-refractivity contribution is 7.89. The van der Waals surface area contributed by atoms with Gasteiger partial charge in [0, 0.05) is 56.6 Å². The van der Waals surface area contributed by atoms with Crippen molar-refractivity contribution in [1.29, 1.82) is 0 Å². The van der Waals surface area contributed by atoms with Gasteiger partial charge in [0.05, 0.1) is 4.90 Å². The van der Waals surface area contributed by atoms with Crippen LogP contribution in [0.25, 0.3) is 0 Å². The Balaban J connectivity index is 1.49. The van der Waals surface area contributed by atoms with E-state index in [1.807, 2.05) is 12.1 Å². The Morgan fingerprint density at radius 1 is 1.17 bits per heavy atom. The number of nitrogens with one attached hydrogen (secondary N) is 3. The van der Waals surface area contributed by atoms with Gasteiger partial charge in [-0.25, -0.2) is 8.42 Å². The molecule has 2 saturated heterocycles. The first-order valence-corrected chi connectivity index (χ1v) is 11.7. The topological polar surface area (TPSA) is 103 Å². The average molecular weight is 430 g/mol. The van der Waals surface area contributed by atoms with E-state index in [0.29, 0.717) is 18.8 Å². The van der Waals surface area contributed by atoms with Gasteiger partial charge >= 0.3 is 0 Å². The summed E-state index contributed by atoms with van der Waals surface area (Å²) < 4.78 is 28.0. The summed E-state index contributed by atoms with van der Waals surface area (Å²) in [7, 11) is -3.59. The van der Waals surface area contributed by atoms with Crippen molar-refractivity contribution in [2.75, 3.05) is 25.0 Å². The van der Waals surface area contributed by atoms with Gasteiger partial charge in [-0.2, -0.15) is 4.31 Å². The number of sulfonamides is 1. The zero-order valence-electron chi connectivity index (χ0n) is 16.9. The molecule has 3 atom stereocenters. The molecule has 0 bridgehead atoms. The summed E-state index contributed by atoms with van der Waals surface area (Å²) in [4.78, 5) is 15.5. The van der Waals surface area contributed by atoms with Gasteiger partial charge < -0.3 is 5.32 Å². The van der Waals surface area contributed by atoms with E-state index in [2.05, 4.69) is 21.2 Å². The maximum absolute atomic E-state index is 13.2. The summed E-state index contributed by atoms with van der Waals surface area (Å²) in [6, 6.07) is 10.6. The van der Waals surface area contributed by atoms with E-state index in [4.69, 9.17) is 0 Å². The Morgan fingerprint density at radius 2 is 1.90 bits per heavy atom. The van der Waals surface area contributed by atoms with Crippen LogP contribution < -0.4 is 16.2 Å². The highest BCUT2D eigenvalue weighted by Gasteiger charge is 2.39. The molecule has 9 heteroatoms. The molecule has 3 N–H and O–H groups in total. The highest BCUT2D eigenvalue weighted by Crippen LogP contribution is 2.33. The molecule has 2 aliphatic heterocycles. The molecule has 0 spiro atoms. The van der Waals surface area contributed by atoms with Gasteiger partial charge in [0.1, 0.15) is 0 Å². The van der Waals surface area contributed by atoms with Gasteiger partial charge in [0.25, 0.3) is 0 Å². The number of benzene rings is 1. The molecule has 0 saturated carbocycles. The maximum Gasteiger partial charge on any atom is 0.243 e. The lowest BCUT2D eigenvalue weighted by Gasteiger charge is -2.36. The molecule has 0 radical (unpaired) electrons. The van der Waals surface area contributed by atoms with Crippen molar-refractivity contribution in [3.8, 4) is 0 Å². The summed E-state index contributed by atoms with van der Waals surface area (Å²) >= 11 is 0. The Kier molecular flexibility index (Phi) is 6.14. The Morgan fingerprint density at radius 3 is 2.60 bits per heavy atom. The number of carbonyl (C=O) groups is 1. The number of carbonyl (C=O) groups excluding carboxylic acids is 1. The van der Waals surface area contributed by atoms with Gasteiger partial charge in [-0.1, -0.05) is 0 Å². The number of pyridine rings is 1. The minimum absolute atomic E-state index is 0.160. The van der Waals surface area contributed by atoms with Crippen molar-refractivity contribution in [2.24, 2.45) is 5.92 Å². The molecule has 30 heavy (non-hydrogen) atoms. The first-order chi connectivity index (χ1) is 14.4. The zero-order valence-corrected chi connectivity index (χ0v) is 17.7. The van der Waals surface area contributed by atoms with Gasteiger partial charge in [0.15, 0.2) is 0 Å². The Hall–Kier alpha value is -2.33. The minimum atomic E-state index is -3.59. The third-order valence-corrected chi connectivity index (χ3v) is 7.78. The molecule has 3 unspecified atom stereocenters. The summed E-state index contributed by atoms with van der Waals surface area (Å²) in [5.41, 5.74) is 8.42. The van der Waals surface area contributed by atoms with Crippen LogP contribution in [0.4, 0.5) is 5.69 Å². The molecule has 4 rings (SSSR count). The molecule has 8 nitrogen and oxygen atoms in total. The van der Waals surface area contributed by atoms with Crippen LogP contribution in [0.3, 0.4) is 0 Å². The number of rotatable bonds is 5. The number of hydrazine groups is 1. The number of piperidine rings is 1. The molecule has 1 aromatic carbocycles. The zero-order chi connectivity index (χ0) is 21.1. The monoisotopic (exact) mass is 429 g/mol. The van der Waals surface area contributed by atoms with E-state index in [-0.39, 0.29) is 28.7 Å². The lowest BCUT2D eigenvalue weighted by atomic mass is 9.82. The van der Waals surface area contributed by atoms with E-state index in [9.17, 15) is 13.2 Å². The van der Waals surface area contributed by atoms with E-state index >= 15 is 0 Å². The number of anilines is 1. The molecule has 160 valence electrons. The lowest BCUT2D eigenvalue weighted by Crippen LogP contribution is -2.48. The van der Waals surface area contributed by atoms with Gasteiger partial charge in [-0.05, 0) is 60.7 Å². The van der Waals surface area contributed by atoms with Crippen LogP contribution in [-0.4, -0.2) is 49.3 Å². The predicted molar refractivity (Wildman–Crippen MR) is 114 cm³/mol. The van der Waals surface area contributed by atoms with E-state index < -0.39 is 10.0 Å². The fraction of sp³-hybridized carbons (Fsp3) is 0.429. The second-order valence-electron chi connectivity index (χ2n) is 7.91. The molecule has 2 fully saturated rings. The van der Waals surface area contributed by atoms with Crippen LogP contribution in [0.1, 0.15) is 31.2 Å². The number of amides is 1. The van der Waals surface area contributed by atoms with Crippen LogP contribution in [-0.2, 0) is 14.8 Å².